The zero-order chi connectivity index (χ0) is 20.8. The molecule has 1 aromatic heterocycles. The van der Waals surface area contributed by atoms with Gasteiger partial charge in [0.05, 0.1) is 25.0 Å². The molecule has 2 fully saturated rings. The molecule has 7 heteroatoms. The van der Waals surface area contributed by atoms with Crippen molar-refractivity contribution in [3.8, 4) is 0 Å². The van der Waals surface area contributed by atoms with Crippen molar-refractivity contribution in [2.24, 2.45) is 17.8 Å². The summed E-state index contributed by atoms with van der Waals surface area (Å²) in [6.45, 7) is 4.53. The molecular formula is C22H34N2O4S. The van der Waals surface area contributed by atoms with Gasteiger partial charge in [0.1, 0.15) is 0 Å². The molecule has 4 atom stereocenters. The normalized spacial score (nSPS) is 34.6. The Balaban J connectivity index is 1.47. The van der Waals surface area contributed by atoms with Gasteiger partial charge in [-0.3, -0.25) is 4.79 Å². The number of ether oxygens (including phenoxy) is 1. The molecule has 2 heterocycles. The van der Waals surface area contributed by atoms with Gasteiger partial charge in [0.15, 0.2) is 0 Å². The maximum atomic E-state index is 12.9. The van der Waals surface area contributed by atoms with Gasteiger partial charge in [-0.1, -0.05) is 13.0 Å². The summed E-state index contributed by atoms with van der Waals surface area (Å²) in [5.41, 5.74) is 1.60. The molecule has 2 unspecified atom stereocenters. The van der Waals surface area contributed by atoms with Crippen LogP contribution < -0.4 is 10.3 Å². The summed E-state index contributed by atoms with van der Waals surface area (Å²) in [5, 5.41) is 0. The summed E-state index contributed by atoms with van der Waals surface area (Å²) in [6, 6.07) is 3.22. The number of hydrogen-bond acceptors (Lipinski definition) is 4. The Labute approximate surface area is 174 Å². The summed E-state index contributed by atoms with van der Waals surface area (Å²) in [5.74, 6) is 2.67. The van der Waals surface area contributed by atoms with Crippen LogP contribution in [0.1, 0.15) is 62.7 Å². The first-order valence-electron chi connectivity index (χ1n) is 11.0. The fourth-order valence-electron chi connectivity index (χ4n) is 5.47. The van der Waals surface area contributed by atoms with Crippen LogP contribution in [0.15, 0.2) is 16.9 Å². The molecule has 6 nitrogen and oxygen atoms in total. The number of sulfonamides is 1. The second-order valence-electron chi connectivity index (χ2n) is 9.53. The SMILES string of the molecule is Cc1ccc2n(c1=O)C(COC1CCC([C@H]3C[C@@H]3C)CC1)C(NS(C)(=O)=O)CC2. The largest absolute Gasteiger partial charge is 0.376 e. The molecule has 0 aromatic carbocycles. The van der Waals surface area contributed by atoms with E-state index in [1.807, 2.05) is 12.1 Å². The number of pyridine rings is 1. The zero-order valence-corrected chi connectivity index (χ0v) is 18.6. The summed E-state index contributed by atoms with van der Waals surface area (Å²) in [4.78, 5) is 12.9. The van der Waals surface area contributed by atoms with Crippen LogP contribution >= 0.6 is 0 Å². The Hall–Kier alpha value is -1.18. The van der Waals surface area contributed by atoms with Crippen LogP contribution in [0.5, 0.6) is 0 Å². The number of nitrogens with zero attached hydrogens (tertiary/aromatic N) is 1. The second kappa shape index (κ2) is 8.16. The molecule has 4 rings (SSSR count). The summed E-state index contributed by atoms with van der Waals surface area (Å²) >= 11 is 0. The van der Waals surface area contributed by atoms with Crippen molar-refractivity contribution >= 4 is 10.0 Å². The van der Waals surface area contributed by atoms with Crippen LogP contribution in [0, 0.1) is 24.7 Å². The number of hydrogen-bond donors (Lipinski definition) is 1. The molecule has 1 aromatic rings. The van der Waals surface area contributed by atoms with Crippen molar-refractivity contribution in [3.05, 3.63) is 33.7 Å². The number of rotatable bonds is 6. The van der Waals surface area contributed by atoms with Crippen LogP contribution in [0.2, 0.25) is 0 Å². The first-order valence-corrected chi connectivity index (χ1v) is 12.9. The van der Waals surface area contributed by atoms with E-state index >= 15 is 0 Å². The van der Waals surface area contributed by atoms with Gasteiger partial charge in [0.2, 0.25) is 10.0 Å². The number of fused-ring (bicyclic) bond motifs is 1. The molecule has 1 N–H and O–H groups in total. The fraction of sp³-hybridized carbons (Fsp3) is 0.773. The molecule has 1 aliphatic heterocycles. The molecule has 0 spiro atoms. The molecule has 3 aliphatic rings. The lowest BCUT2D eigenvalue weighted by Gasteiger charge is -2.37. The maximum Gasteiger partial charge on any atom is 0.254 e. The van der Waals surface area contributed by atoms with E-state index in [0.29, 0.717) is 25.0 Å². The van der Waals surface area contributed by atoms with E-state index in [4.69, 9.17) is 4.74 Å². The molecule has 0 bridgehead atoms. The highest BCUT2D eigenvalue weighted by atomic mass is 32.2. The van der Waals surface area contributed by atoms with E-state index in [2.05, 4.69) is 11.6 Å². The lowest BCUT2D eigenvalue weighted by molar-refractivity contribution is -0.00874. The molecule has 0 amide bonds. The number of aromatic nitrogens is 1. The highest BCUT2D eigenvalue weighted by Gasteiger charge is 2.41. The topological polar surface area (TPSA) is 77.4 Å². The third-order valence-electron chi connectivity index (χ3n) is 7.26. The van der Waals surface area contributed by atoms with Crippen molar-refractivity contribution in [2.75, 3.05) is 12.9 Å². The molecule has 0 saturated heterocycles. The lowest BCUT2D eigenvalue weighted by Crippen LogP contribution is -2.49. The van der Waals surface area contributed by atoms with E-state index in [9.17, 15) is 13.2 Å². The Morgan fingerprint density at radius 3 is 2.48 bits per heavy atom. The van der Waals surface area contributed by atoms with Gasteiger partial charge >= 0.3 is 0 Å². The average Bonchev–Trinajstić information content (AvgIpc) is 3.40. The Bertz CT molecular complexity index is 902. The third-order valence-corrected chi connectivity index (χ3v) is 7.99. The zero-order valence-electron chi connectivity index (χ0n) is 17.8. The molecule has 2 saturated carbocycles. The molecule has 0 radical (unpaired) electrons. The minimum Gasteiger partial charge on any atom is -0.376 e. The van der Waals surface area contributed by atoms with E-state index in [1.54, 1.807) is 11.5 Å². The molecule has 29 heavy (non-hydrogen) atoms. The standard InChI is InChI=1S/C22H34N2O4S/c1-14-4-7-17-8-11-20(23-29(3,26)27)21(24(17)22(14)25)13-28-18-9-5-16(6-10-18)19-12-15(19)2/h4,7,15-16,18-21,23H,5-6,8-13H2,1-3H3/t15-,16?,18?,19-,20?,21?/m0/s1. The van der Waals surface area contributed by atoms with E-state index in [-0.39, 0.29) is 23.7 Å². The monoisotopic (exact) mass is 422 g/mol. The maximum absolute atomic E-state index is 12.9. The molecular weight excluding hydrogens is 388 g/mol. The third kappa shape index (κ3) is 4.78. The van der Waals surface area contributed by atoms with Crippen LogP contribution in [-0.2, 0) is 21.2 Å². The van der Waals surface area contributed by atoms with Crippen molar-refractivity contribution in [1.29, 1.82) is 0 Å². The van der Waals surface area contributed by atoms with E-state index < -0.39 is 10.0 Å². The number of aryl methyl sites for hydroxylation is 2. The van der Waals surface area contributed by atoms with Crippen molar-refractivity contribution in [3.63, 3.8) is 0 Å². The van der Waals surface area contributed by atoms with Gasteiger partial charge in [0, 0.05) is 17.3 Å². The van der Waals surface area contributed by atoms with E-state index in [0.717, 1.165) is 36.3 Å². The second-order valence-corrected chi connectivity index (χ2v) is 11.3. The van der Waals surface area contributed by atoms with Crippen molar-refractivity contribution in [2.45, 2.75) is 77.0 Å². The quantitative estimate of drug-likeness (QED) is 0.765. The Morgan fingerprint density at radius 1 is 1.17 bits per heavy atom. The fourth-order valence-corrected chi connectivity index (χ4v) is 6.29. The predicted molar refractivity (Wildman–Crippen MR) is 114 cm³/mol. The van der Waals surface area contributed by atoms with Crippen LogP contribution in [0.4, 0.5) is 0 Å². The van der Waals surface area contributed by atoms with Gasteiger partial charge in [-0.2, -0.15) is 0 Å². The van der Waals surface area contributed by atoms with Crippen LogP contribution in [0.25, 0.3) is 0 Å². The number of nitrogens with one attached hydrogen (secondary N) is 1. The minimum absolute atomic E-state index is 0.0393. The predicted octanol–water partition coefficient (Wildman–Crippen LogP) is 2.79. The highest BCUT2D eigenvalue weighted by Crippen LogP contribution is 2.49. The molecule has 2 aliphatic carbocycles. The van der Waals surface area contributed by atoms with Gasteiger partial charge in [0.25, 0.3) is 5.56 Å². The Morgan fingerprint density at radius 2 is 1.86 bits per heavy atom. The minimum atomic E-state index is -3.36. The van der Waals surface area contributed by atoms with Gasteiger partial charge in [-0.25, -0.2) is 13.1 Å². The first kappa shape index (κ1) is 21.1. The van der Waals surface area contributed by atoms with Crippen LogP contribution in [0.3, 0.4) is 0 Å². The van der Waals surface area contributed by atoms with Gasteiger partial charge in [-0.05, 0) is 75.7 Å². The average molecular weight is 423 g/mol. The highest BCUT2D eigenvalue weighted by molar-refractivity contribution is 7.88. The van der Waals surface area contributed by atoms with Crippen molar-refractivity contribution in [1.82, 2.24) is 9.29 Å². The van der Waals surface area contributed by atoms with Gasteiger partial charge in [-0.15, -0.1) is 0 Å². The Kier molecular flexibility index (Phi) is 5.93. The smallest absolute Gasteiger partial charge is 0.254 e. The summed E-state index contributed by atoms with van der Waals surface area (Å²) in [7, 11) is -3.36. The summed E-state index contributed by atoms with van der Waals surface area (Å²) in [6.07, 6.45) is 8.73. The van der Waals surface area contributed by atoms with Crippen molar-refractivity contribution < 1.29 is 13.2 Å². The van der Waals surface area contributed by atoms with E-state index in [1.165, 1.54) is 25.5 Å². The summed E-state index contributed by atoms with van der Waals surface area (Å²) < 4.78 is 34.6. The molecule has 162 valence electrons. The van der Waals surface area contributed by atoms with Crippen LogP contribution in [-0.4, -0.2) is 38.0 Å². The lowest BCUT2D eigenvalue weighted by atomic mass is 9.83. The van der Waals surface area contributed by atoms with Gasteiger partial charge < -0.3 is 9.30 Å². The first-order chi connectivity index (χ1) is 13.7.